The zero-order valence-corrected chi connectivity index (χ0v) is 18.3. The number of ether oxygens (including phenoxy) is 1. The lowest BCUT2D eigenvalue weighted by Crippen LogP contribution is -2.39. The summed E-state index contributed by atoms with van der Waals surface area (Å²) in [7, 11) is 1.59. The number of carbonyl (C=O) groups excluding carboxylic acids is 2. The predicted molar refractivity (Wildman–Crippen MR) is 119 cm³/mol. The van der Waals surface area contributed by atoms with Gasteiger partial charge in [-0.3, -0.25) is 9.59 Å². The molecule has 30 heavy (non-hydrogen) atoms. The topological polar surface area (TPSA) is 49.9 Å². The second-order valence-corrected chi connectivity index (χ2v) is 8.50. The van der Waals surface area contributed by atoms with Crippen LogP contribution in [0.3, 0.4) is 0 Å². The number of carbonyl (C=O) groups is 2. The smallest absolute Gasteiger partial charge is 0.282 e. The zero-order valence-electron chi connectivity index (χ0n) is 16.8. The average Bonchev–Trinajstić information content (AvgIpc) is 3.00. The Hall–Kier alpha value is -2.50. The molecule has 156 valence electrons. The fraction of sp³-hybridized carbons (Fsp3) is 0.304. The fourth-order valence-corrected chi connectivity index (χ4v) is 4.37. The first-order chi connectivity index (χ1) is 14.4. The van der Waals surface area contributed by atoms with E-state index in [9.17, 15) is 9.59 Å². The van der Waals surface area contributed by atoms with Crippen molar-refractivity contribution in [1.29, 1.82) is 0 Å². The number of benzene rings is 2. The van der Waals surface area contributed by atoms with Crippen LogP contribution < -0.4 is 9.64 Å². The fourth-order valence-electron chi connectivity index (χ4n) is 4.08. The molecule has 2 aliphatic heterocycles. The number of amides is 2. The number of anilines is 1. The summed E-state index contributed by atoms with van der Waals surface area (Å²) in [6, 6.07) is 12.0. The van der Waals surface area contributed by atoms with Crippen molar-refractivity contribution in [1.82, 2.24) is 4.90 Å². The Morgan fingerprint density at radius 1 is 1.00 bits per heavy atom. The molecule has 0 saturated carbocycles. The highest BCUT2D eigenvalue weighted by atomic mass is 35.5. The van der Waals surface area contributed by atoms with Gasteiger partial charge in [0.25, 0.3) is 11.8 Å². The molecule has 1 unspecified atom stereocenters. The molecule has 0 spiro atoms. The van der Waals surface area contributed by atoms with Crippen molar-refractivity contribution >= 4 is 46.3 Å². The van der Waals surface area contributed by atoms with Crippen LogP contribution in [-0.2, 0) is 9.59 Å². The lowest BCUT2D eigenvalue weighted by molar-refractivity contribution is -0.120. The molecule has 1 saturated heterocycles. The van der Waals surface area contributed by atoms with E-state index in [1.807, 2.05) is 17.0 Å². The Labute approximate surface area is 185 Å². The van der Waals surface area contributed by atoms with Crippen LogP contribution in [0.4, 0.5) is 5.69 Å². The molecule has 0 aromatic heterocycles. The molecule has 2 amide bonds. The largest absolute Gasteiger partial charge is 0.497 e. The van der Waals surface area contributed by atoms with Gasteiger partial charge >= 0.3 is 0 Å². The second kappa shape index (κ2) is 8.32. The number of likely N-dealkylation sites (tertiary alicyclic amines) is 1. The summed E-state index contributed by atoms with van der Waals surface area (Å²) < 4.78 is 5.24. The number of rotatable bonds is 4. The number of halogens is 2. The molecule has 2 aromatic rings. The molecule has 2 aliphatic rings. The van der Waals surface area contributed by atoms with Crippen molar-refractivity contribution in [3.8, 4) is 5.75 Å². The quantitative estimate of drug-likeness (QED) is 0.621. The highest BCUT2D eigenvalue weighted by Gasteiger charge is 2.43. The van der Waals surface area contributed by atoms with Gasteiger partial charge in [0, 0.05) is 13.1 Å². The van der Waals surface area contributed by atoms with E-state index in [1.165, 1.54) is 4.90 Å². The molecule has 0 bridgehead atoms. The first-order valence-corrected chi connectivity index (χ1v) is 10.6. The first-order valence-electron chi connectivity index (χ1n) is 9.88. The van der Waals surface area contributed by atoms with Gasteiger partial charge < -0.3 is 9.64 Å². The Bertz CT molecular complexity index is 1030. The molecule has 7 heteroatoms. The minimum Gasteiger partial charge on any atom is -0.497 e. The van der Waals surface area contributed by atoms with Crippen molar-refractivity contribution < 1.29 is 14.3 Å². The Morgan fingerprint density at radius 3 is 2.37 bits per heavy atom. The molecule has 2 aromatic carbocycles. The number of hydrogen-bond donors (Lipinski definition) is 0. The summed E-state index contributed by atoms with van der Waals surface area (Å²) in [4.78, 5) is 30.3. The van der Waals surface area contributed by atoms with Gasteiger partial charge in [-0.15, -0.1) is 0 Å². The molecule has 1 atom stereocenters. The van der Waals surface area contributed by atoms with Crippen LogP contribution >= 0.6 is 23.2 Å². The average molecular weight is 445 g/mol. The van der Waals surface area contributed by atoms with Gasteiger partial charge in [0.2, 0.25) is 0 Å². The molecule has 2 heterocycles. The van der Waals surface area contributed by atoms with Gasteiger partial charge in [-0.05, 0) is 54.7 Å². The monoisotopic (exact) mass is 444 g/mol. The van der Waals surface area contributed by atoms with Crippen molar-refractivity contribution in [3.05, 3.63) is 63.8 Å². The SMILES string of the molecule is COc1ccc(C2=C(N3CCCC(C)C3)C(=O)N(c3ccc(Cl)c(Cl)c3)C2=O)cc1. The lowest BCUT2D eigenvalue weighted by atomic mass is 9.98. The molecule has 1 fully saturated rings. The number of piperidine rings is 1. The van der Waals surface area contributed by atoms with Crippen LogP contribution in [0.25, 0.3) is 5.57 Å². The Kier molecular flexibility index (Phi) is 5.76. The molecule has 0 radical (unpaired) electrons. The zero-order chi connectivity index (χ0) is 21.4. The van der Waals surface area contributed by atoms with Crippen LogP contribution in [0.2, 0.25) is 10.0 Å². The van der Waals surface area contributed by atoms with E-state index in [0.29, 0.717) is 44.2 Å². The molecular formula is C23H22Cl2N2O3. The second-order valence-electron chi connectivity index (χ2n) is 7.69. The maximum absolute atomic E-state index is 13.5. The van der Waals surface area contributed by atoms with Gasteiger partial charge in [0.15, 0.2) is 0 Å². The van der Waals surface area contributed by atoms with Crippen molar-refractivity contribution in [2.75, 3.05) is 25.1 Å². The predicted octanol–water partition coefficient (Wildman–Crippen LogP) is 5.02. The van der Waals surface area contributed by atoms with E-state index in [2.05, 4.69) is 6.92 Å². The maximum atomic E-state index is 13.5. The minimum absolute atomic E-state index is 0.292. The number of methoxy groups -OCH3 is 1. The van der Waals surface area contributed by atoms with Gasteiger partial charge in [-0.1, -0.05) is 42.3 Å². The van der Waals surface area contributed by atoms with E-state index < -0.39 is 0 Å². The minimum atomic E-state index is -0.364. The van der Waals surface area contributed by atoms with Crippen molar-refractivity contribution in [3.63, 3.8) is 0 Å². The normalized spacial score (nSPS) is 19.7. The van der Waals surface area contributed by atoms with Crippen molar-refractivity contribution in [2.24, 2.45) is 5.92 Å². The van der Waals surface area contributed by atoms with Gasteiger partial charge in [-0.2, -0.15) is 0 Å². The van der Waals surface area contributed by atoms with E-state index >= 15 is 0 Å². The van der Waals surface area contributed by atoms with Gasteiger partial charge in [-0.25, -0.2) is 4.90 Å². The van der Waals surface area contributed by atoms with Crippen LogP contribution in [0.1, 0.15) is 25.3 Å². The Balaban J connectivity index is 1.82. The third-order valence-electron chi connectivity index (χ3n) is 5.57. The summed E-state index contributed by atoms with van der Waals surface area (Å²) in [6.07, 6.45) is 2.09. The summed E-state index contributed by atoms with van der Waals surface area (Å²) in [5.41, 5.74) is 1.95. The third-order valence-corrected chi connectivity index (χ3v) is 6.31. The summed E-state index contributed by atoms with van der Waals surface area (Å²) >= 11 is 12.2. The molecule has 5 nitrogen and oxygen atoms in total. The van der Waals surface area contributed by atoms with Gasteiger partial charge in [0.1, 0.15) is 11.4 Å². The highest BCUT2D eigenvalue weighted by Crippen LogP contribution is 2.38. The van der Waals surface area contributed by atoms with Crippen LogP contribution in [-0.4, -0.2) is 36.9 Å². The van der Waals surface area contributed by atoms with Crippen LogP contribution in [0.15, 0.2) is 48.2 Å². The maximum Gasteiger partial charge on any atom is 0.282 e. The number of imide groups is 1. The van der Waals surface area contributed by atoms with E-state index in [0.717, 1.165) is 25.9 Å². The number of nitrogens with zero attached hydrogens (tertiary/aromatic N) is 2. The molecule has 0 N–H and O–H groups in total. The lowest BCUT2D eigenvalue weighted by Gasteiger charge is -2.33. The number of hydrogen-bond acceptors (Lipinski definition) is 4. The summed E-state index contributed by atoms with van der Waals surface area (Å²) in [5.74, 6) is 0.436. The molecule has 4 rings (SSSR count). The summed E-state index contributed by atoms with van der Waals surface area (Å²) in [5, 5.41) is 0.661. The van der Waals surface area contributed by atoms with Crippen molar-refractivity contribution in [2.45, 2.75) is 19.8 Å². The summed E-state index contributed by atoms with van der Waals surface area (Å²) in [6.45, 7) is 3.65. The standard InChI is InChI=1S/C23H22Cl2N2O3/c1-14-4-3-11-26(13-14)21-20(15-5-8-17(30-2)9-6-15)22(28)27(23(21)29)16-7-10-18(24)19(25)12-16/h5-10,12,14H,3-4,11,13H2,1-2H3. The van der Waals surface area contributed by atoms with Crippen LogP contribution in [0.5, 0.6) is 5.75 Å². The molecule has 0 aliphatic carbocycles. The van der Waals surface area contributed by atoms with Crippen LogP contribution in [0, 0.1) is 5.92 Å². The highest BCUT2D eigenvalue weighted by molar-refractivity contribution is 6.46. The van der Waals surface area contributed by atoms with E-state index in [1.54, 1.807) is 37.4 Å². The Morgan fingerprint density at radius 2 is 1.73 bits per heavy atom. The molecular weight excluding hydrogens is 423 g/mol. The van der Waals surface area contributed by atoms with E-state index in [-0.39, 0.29) is 11.8 Å². The third kappa shape index (κ3) is 3.68. The first kappa shape index (κ1) is 20.8. The van der Waals surface area contributed by atoms with E-state index in [4.69, 9.17) is 27.9 Å². The van der Waals surface area contributed by atoms with Gasteiger partial charge in [0.05, 0.1) is 28.4 Å².